The van der Waals surface area contributed by atoms with Crippen molar-refractivity contribution in [3.8, 4) is 17.6 Å². The van der Waals surface area contributed by atoms with Crippen LogP contribution in [-0.2, 0) is 4.74 Å². The number of rotatable bonds is 5. The first-order chi connectivity index (χ1) is 10.3. The quantitative estimate of drug-likeness (QED) is 0.835. The van der Waals surface area contributed by atoms with Gasteiger partial charge in [0.15, 0.2) is 0 Å². The molecule has 1 aliphatic heterocycles. The normalized spacial score (nSPS) is 18.9. The van der Waals surface area contributed by atoms with Gasteiger partial charge in [0.1, 0.15) is 18.5 Å². The van der Waals surface area contributed by atoms with Crippen LogP contribution in [0.1, 0.15) is 18.9 Å². The van der Waals surface area contributed by atoms with Crippen molar-refractivity contribution in [2.75, 3.05) is 39.5 Å². The van der Waals surface area contributed by atoms with Gasteiger partial charge in [-0.3, -0.25) is 4.90 Å². The van der Waals surface area contributed by atoms with Gasteiger partial charge in [0.05, 0.1) is 13.2 Å². The maximum Gasteiger partial charge on any atom is 0.119 e. The van der Waals surface area contributed by atoms with E-state index >= 15 is 0 Å². The van der Waals surface area contributed by atoms with Crippen molar-refractivity contribution in [2.24, 2.45) is 0 Å². The number of hydrogen-bond donors (Lipinski definition) is 1. The van der Waals surface area contributed by atoms with Gasteiger partial charge in [0.2, 0.25) is 0 Å². The Kier molecular flexibility index (Phi) is 6.55. The molecule has 0 saturated carbocycles. The molecule has 1 N–H and O–H groups in total. The summed E-state index contributed by atoms with van der Waals surface area (Å²) in [5, 5.41) is 8.68. The van der Waals surface area contributed by atoms with E-state index in [2.05, 4.69) is 23.7 Å². The number of hydrogen-bond acceptors (Lipinski definition) is 4. The van der Waals surface area contributed by atoms with Crippen LogP contribution < -0.4 is 4.74 Å². The van der Waals surface area contributed by atoms with Gasteiger partial charge in [-0.2, -0.15) is 0 Å². The van der Waals surface area contributed by atoms with Crippen LogP contribution in [-0.4, -0.2) is 55.6 Å². The Balaban J connectivity index is 1.79. The third kappa shape index (κ3) is 5.39. The van der Waals surface area contributed by atoms with E-state index in [0.29, 0.717) is 13.0 Å². The highest BCUT2D eigenvalue weighted by Crippen LogP contribution is 2.13. The molecule has 0 radical (unpaired) electrons. The summed E-state index contributed by atoms with van der Waals surface area (Å²) in [6.45, 7) is 6.62. The minimum absolute atomic E-state index is 0.102. The molecule has 1 aliphatic rings. The lowest BCUT2D eigenvalue weighted by atomic mass is 10.2. The molecule has 1 heterocycles. The van der Waals surface area contributed by atoms with Crippen molar-refractivity contribution in [3.63, 3.8) is 0 Å². The van der Waals surface area contributed by atoms with Gasteiger partial charge in [0, 0.05) is 25.1 Å². The largest absolute Gasteiger partial charge is 0.491 e. The lowest BCUT2D eigenvalue weighted by Gasteiger charge is -2.31. The summed E-state index contributed by atoms with van der Waals surface area (Å²) in [7, 11) is 0. The Labute approximate surface area is 126 Å². The molecule has 1 atom stereocenters. The summed E-state index contributed by atoms with van der Waals surface area (Å²) in [6, 6.07) is 7.70. The summed E-state index contributed by atoms with van der Waals surface area (Å²) >= 11 is 0. The number of benzene rings is 1. The Bertz CT molecular complexity index is 475. The molecule has 0 amide bonds. The molecule has 1 fully saturated rings. The zero-order chi connectivity index (χ0) is 14.9. The molecule has 1 unspecified atom stereocenters. The molecule has 1 aromatic rings. The molecular weight excluding hydrogens is 266 g/mol. The number of likely N-dealkylation sites (N-methyl/N-ethyl adjacent to an activating group) is 1. The third-order valence-electron chi connectivity index (χ3n) is 3.43. The second-order valence-corrected chi connectivity index (χ2v) is 5.00. The van der Waals surface area contributed by atoms with Gasteiger partial charge < -0.3 is 14.6 Å². The zero-order valence-corrected chi connectivity index (χ0v) is 12.5. The van der Waals surface area contributed by atoms with E-state index in [0.717, 1.165) is 37.6 Å². The summed E-state index contributed by atoms with van der Waals surface area (Å²) in [5.41, 5.74) is 0.932. The standard InChI is InChI=1S/C17H23NO3/c1-2-18-10-12-20-17(13-18)14-21-16-8-6-15(7-9-16)5-3-4-11-19/h6-9,17,19H,2,4,10-14H2,1H3. The second-order valence-electron chi connectivity index (χ2n) is 5.00. The van der Waals surface area contributed by atoms with Crippen LogP contribution in [0.15, 0.2) is 24.3 Å². The van der Waals surface area contributed by atoms with E-state index in [4.69, 9.17) is 14.6 Å². The average Bonchev–Trinajstić information content (AvgIpc) is 2.54. The minimum Gasteiger partial charge on any atom is -0.491 e. The Morgan fingerprint density at radius 1 is 1.38 bits per heavy atom. The van der Waals surface area contributed by atoms with Gasteiger partial charge in [0.25, 0.3) is 0 Å². The fraction of sp³-hybridized carbons (Fsp3) is 0.529. The smallest absolute Gasteiger partial charge is 0.119 e. The molecule has 21 heavy (non-hydrogen) atoms. The van der Waals surface area contributed by atoms with E-state index in [-0.39, 0.29) is 12.7 Å². The molecule has 4 heteroatoms. The molecular formula is C17H23NO3. The number of aliphatic hydroxyl groups excluding tert-OH is 1. The third-order valence-corrected chi connectivity index (χ3v) is 3.43. The lowest BCUT2D eigenvalue weighted by molar-refractivity contribution is -0.0464. The van der Waals surface area contributed by atoms with E-state index in [1.165, 1.54) is 0 Å². The SMILES string of the molecule is CCN1CCOC(COc2ccc(C#CCCO)cc2)C1. The molecule has 0 bridgehead atoms. The minimum atomic E-state index is 0.102. The van der Waals surface area contributed by atoms with E-state index in [9.17, 15) is 0 Å². The molecule has 114 valence electrons. The Morgan fingerprint density at radius 3 is 2.90 bits per heavy atom. The van der Waals surface area contributed by atoms with Gasteiger partial charge in [-0.05, 0) is 30.8 Å². The van der Waals surface area contributed by atoms with Crippen molar-refractivity contribution in [2.45, 2.75) is 19.4 Å². The summed E-state index contributed by atoms with van der Waals surface area (Å²) in [6.07, 6.45) is 0.647. The number of ether oxygens (including phenoxy) is 2. The Hall–Kier alpha value is -1.54. The van der Waals surface area contributed by atoms with Crippen LogP contribution in [0.4, 0.5) is 0 Å². The van der Waals surface area contributed by atoms with Crippen molar-refractivity contribution in [1.29, 1.82) is 0 Å². The van der Waals surface area contributed by atoms with Gasteiger partial charge in [-0.15, -0.1) is 0 Å². The second kappa shape index (κ2) is 8.68. The number of morpholine rings is 1. The van der Waals surface area contributed by atoms with Gasteiger partial charge in [-0.1, -0.05) is 18.8 Å². The van der Waals surface area contributed by atoms with E-state index in [1.54, 1.807) is 0 Å². The zero-order valence-electron chi connectivity index (χ0n) is 12.5. The van der Waals surface area contributed by atoms with Crippen LogP contribution >= 0.6 is 0 Å². The maximum absolute atomic E-state index is 8.68. The first-order valence-corrected chi connectivity index (χ1v) is 7.48. The molecule has 4 nitrogen and oxygen atoms in total. The molecule has 0 aromatic heterocycles. The van der Waals surface area contributed by atoms with Crippen LogP contribution in [0.25, 0.3) is 0 Å². The summed E-state index contributed by atoms with van der Waals surface area (Å²) < 4.78 is 11.5. The fourth-order valence-corrected chi connectivity index (χ4v) is 2.21. The summed E-state index contributed by atoms with van der Waals surface area (Å²) in [4.78, 5) is 2.37. The topological polar surface area (TPSA) is 41.9 Å². The Morgan fingerprint density at radius 2 is 2.19 bits per heavy atom. The number of nitrogens with zero attached hydrogens (tertiary/aromatic N) is 1. The van der Waals surface area contributed by atoms with E-state index in [1.807, 2.05) is 24.3 Å². The molecule has 2 rings (SSSR count). The summed E-state index contributed by atoms with van der Waals surface area (Å²) in [5.74, 6) is 6.73. The first-order valence-electron chi connectivity index (χ1n) is 7.48. The monoisotopic (exact) mass is 289 g/mol. The van der Waals surface area contributed by atoms with Gasteiger partial charge in [-0.25, -0.2) is 0 Å². The van der Waals surface area contributed by atoms with Crippen molar-refractivity contribution < 1.29 is 14.6 Å². The van der Waals surface area contributed by atoms with Crippen molar-refractivity contribution in [1.82, 2.24) is 4.90 Å². The fourth-order valence-electron chi connectivity index (χ4n) is 2.21. The molecule has 1 aromatic carbocycles. The highest BCUT2D eigenvalue weighted by Gasteiger charge is 2.19. The van der Waals surface area contributed by atoms with Crippen molar-refractivity contribution in [3.05, 3.63) is 29.8 Å². The number of aliphatic hydroxyl groups is 1. The molecule has 0 aliphatic carbocycles. The van der Waals surface area contributed by atoms with E-state index < -0.39 is 0 Å². The predicted octanol–water partition coefficient (Wildman–Crippen LogP) is 1.52. The highest BCUT2D eigenvalue weighted by atomic mass is 16.5. The highest BCUT2D eigenvalue weighted by molar-refractivity contribution is 5.38. The lowest BCUT2D eigenvalue weighted by Crippen LogP contribution is -2.44. The first kappa shape index (κ1) is 15.8. The van der Waals surface area contributed by atoms with Crippen LogP contribution in [0.3, 0.4) is 0 Å². The molecule has 1 saturated heterocycles. The average molecular weight is 289 g/mol. The van der Waals surface area contributed by atoms with Crippen LogP contribution in [0.2, 0.25) is 0 Å². The van der Waals surface area contributed by atoms with Crippen LogP contribution in [0.5, 0.6) is 5.75 Å². The van der Waals surface area contributed by atoms with Gasteiger partial charge >= 0.3 is 0 Å². The molecule has 0 spiro atoms. The maximum atomic E-state index is 8.68. The van der Waals surface area contributed by atoms with Crippen molar-refractivity contribution >= 4 is 0 Å². The van der Waals surface area contributed by atoms with Crippen LogP contribution in [0, 0.1) is 11.8 Å². The predicted molar refractivity (Wildman–Crippen MR) is 82.4 cm³/mol.